The Kier molecular flexibility index (Phi) is 2.45. The summed E-state index contributed by atoms with van der Waals surface area (Å²) in [5.74, 6) is -1.03. The predicted octanol–water partition coefficient (Wildman–Crippen LogP) is 2.05. The van der Waals surface area contributed by atoms with Gasteiger partial charge in [0.15, 0.2) is 6.04 Å². The van der Waals surface area contributed by atoms with Crippen LogP contribution in [0.2, 0.25) is 5.02 Å². The summed E-state index contributed by atoms with van der Waals surface area (Å²) in [5, 5.41) is 8.27. The Balaban J connectivity index is 2.02. The van der Waals surface area contributed by atoms with Gasteiger partial charge in [-0.1, -0.05) is 17.7 Å². The Morgan fingerprint density at radius 2 is 2.00 bits per heavy atom. The molecular weight excluding hydrogens is 254 g/mol. The summed E-state index contributed by atoms with van der Waals surface area (Å²) in [7, 11) is 0. The first-order valence-corrected chi connectivity index (χ1v) is 6.01. The fourth-order valence-corrected chi connectivity index (χ4v) is 2.57. The first kappa shape index (κ1) is 11.3. The van der Waals surface area contributed by atoms with Crippen LogP contribution in [-0.2, 0) is 9.59 Å². The Bertz CT molecular complexity index is 572. The van der Waals surface area contributed by atoms with Gasteiger partial charge in [-0.2, -0.15) is 10.2 Å². The van der Waals surface area contributed by atoms with E-state index in [1.807, 2.05) is 0 Å². The number of amides is 2. The second-order valence-corrected chi connectivity index (χ2v) is 4.87. The average molecular weight is 264 g/mol. The molecule has 92 valence electrons. The van der Waals surface area contributed by atoms with Crippen LogP contribution in [0, 0.1) is 5.92 Å². The molecule has 3 rings (SSSR count). The Morgan fingerprint density at radius 1 is 1.22 bits per heavy atom. The first-order valence-electron chi connectivity index (χ1n) is 5.63. The summed E-state index contributed by atoms with van der Waals surface area (Å²) in [6, 6.07) is 5.78. The van der Waals surface area contributed by atoms with Crippen molar-refractivity contribution in [3.63, 3.8) is 0 Å². The SMILES string of the molecule is C[C@H]1N=N[C@@H]2C(=O)N(c3cccc(Cl)c3)C(=O)[C@@H]21. The van der Waals surface area contributed by atoms with E-state index in [1.54, 1.807) is 31.2 Å². The third-order valence-electron chi connectivity index (χ3n) is 3.28. The molecule has 18 heavy (non-hydrogen) atoms. The van der Waals surface area contributed by atoms with Gasteiger partial charge >= 0.3 is 0 Å². The molecule has 2 amide bonds. The number of carbonyl (C=O) groups excluding carboxylic acids is 2. The second-order valence-electron chi connectivity index (χ2n) is 4.43. The third kappa shape index (κ3) is 1.47. The van der Waals surface area contributed by atoms with Crippen LogP contribution in [0.4, 0.5) is 5.69 Å². The lowest BCUT2D eigenvalue weighted by molar-refractivity contribution is -0.122. The monoisotopic (exact) mass is 263 g/mol. The summed E-state index contributed by atoms with van der Waals surface area (Å²) in [6.45, 7) is 1.79. The van der Waals surface area contributed by atoms with Crippen molar-refractivity contribution in [2.24, 2.45) is 16.1 Å². The molecule has 0 radical (unpaired) electrons. The topological polar surface area (TPSA) is 62.1 Å². The molecular formula is C12H10ClN3O2. The molecule has 2 heterocycles. The summed E-state index contributed by atoms with van der Waals surface area (Å²) < 4.78 is 0. The van der Waals surface area contributed by atoms with Crippen LogP contribution in [0.1, 0.15) is 6.92 Å². The lowest BCUT2D eigenvalue weighted by atomic mass is 9.98. The minimum Gasteiger partial charge on any atom is -0.274 e. The maximum atomic E-state index is 12.3. The van der Waals surface area contributed by atoms with Gasteiger partial charge in [-0.25, -0.2) is 4.90 Å². The van der Waals surface area contributed by atoms with E-state index < -0.39 is 12.0 Å². The quantitative estimate of drug-likeness (QED) is 0.728. The molecule has 6 heteroatoms. The standard InChI is InChI=1S/C12H10ClN3O2/c1-6-9-10(15-14-6)12(18)16(11(9)17)8-4-2-3-7(13)5-8/h2-6,9-10H,1H3/t6-,9-,10+/m1/s1. The fourth-order valence-electron chi connectivity index (χ4n) is 2.39. The highest BCUT2D eigenvalue weighted by Gasteiger charge is 2.53. The number of hydrogen-bond donors (Lipinski definition) is 0. The molecule has 0 spiro atoms. The zero-order chi connectivity index (χ0) is 12.9. The van der Waals surface area contributed by atoms with Gasteiger partial charge in [0, 0.05) is 5.02 Å². The number of carbonyl (C=O) groups is 2. The van der Waals surface area contributed by atoms with Crippen molar-refractivity contribution in [2.45, 2.75) is 19.0 Å². The van der Waals surface area contributed by atoms with Crippen LogP contribution >= 0.6 is 11.6 Å². The number of imide groups is 1. The maximum Gasteiger partial charge on any atom is 0.261 e. The van der Waals surface area contributed by atoms with Crippen molar-refractivity contribution in [3.8, 4) is 0 Å². The number of azo groups is 1. The van der Waals surface area contributed by atoms with Crippen LogP contribution in [0.3, 0.4) is 0 Å². The second kappa shape index (κ2) is 3.88. The number of fused-ring (bicyclic) bond motifs is 1. The summed E-state index contributed by atoms with van der Waals surface area (Å²) in [6.07, 6.45) is 0. The van der Waals surface area contributed by atoms with Crippen molar-refractivity contribution >= 4 is 29.1 Å². The van der Waals surface area contributed by atoms with Crippen LogP contribution in [-0.4, -0.2) is 23.9 Å². The molecule has 2 aliphatic rings. The van der Waals surface area contributed by atoms with Crippen molar-refractivity contribution in [1.29, 1.82) is 0 Å². The molecule has 1 aromatic rings. The molecule has 0 aromatic heterocycles. The molecule has 0 N–H and O–H groups in total. The van der Waals surface area contributed by atoms with Crippen LogP contribution in [0.15, 0.2) is 34.5 Å². The summed E-state index contributed by atoms with van der Waals surface area (Å²) >= 11 is 5.88. The predicted molar refractivity (Wildman–Crippen MR) is 65.5 cm³/mol. The van der Waals surface area contributed by atoms with E-state index in [0.717, 1.165) is 4.90 Å². The molecule has 2 aliphatic heterocycles. The van der Waals surface area contributed by atoms with Crippen LogP contribution in [0.5, 0.6) is 0 Å². The lowest BCUT2D eigenvalue weighted by Gasteiger charge is -2.15. The fraction of sp³-hybridized carbons (Fsp3) is 0.333. The van der Waals surface area contributed by atoms with E-state index in [9.17, 15) is 9.59 Å². The highest BCUT2D eigenvalue weighted by atomic mass is 35.5. The number of anilines is 1. The Morgan fingerprint density at radius 3 is 2.67 bits per heavy atom. The molecule has 1 saturated heterocycles. The normalized spacial score (nSPS) is 30.1. The van der Waals surface area contributed by atoms with Crippen molar-refractivity contribution in [3.05, 3.63) is 29.3 Å². The van der Waals surface area contributed by atoms with E-state index in [2.05, 4.69) is 10.2 Å². The van der Waals surface area contributed by atoms with Crippen LogP contribution in [0.25, 0.3) is 0 Å². The molecule has 0 saturated carbocycles. The number of rotatable bonds is 1. The maximum absolute atomic E-state index is 12.3. The van der Waals surface area contributed by atoms with Gasteiger partial charge in [0.05, 0.1) is 17.6 Å². The van der Waals surface area contributed by atoms with Gasteiger partial charge in [-0.15, -0.1) is 0 Å². The van der Waals surface area contributed by atoms with Gasteiger partial charge in [-0.3, -0.25) is 9.59 Å². The van der Waals surface area contributed by atoms with Crippen molar-refractivity contribution < 1.29 is 9.59 Å². The molecule has 0 aliphatic carbocycles. The minimum atomic E-state index is -0.661. The zero-order valence-corrected chi connectivity index (χ0v) is 10.3. The van der Waals surface area contributed by atoms with Crippen LogP contribution < -0.4 is 4.90 Å². The number of halogens is 1. The van der Waals surface area contributed by atoms with E-state index >= 15 is 0 Å². The number of nitrogens with zero attached hydrogens (tertiary/aromatic N) is 3. The molecule has 1 aromatic carbocycles. The Hall–Kier alpha value is -1.75. The first-order chi connectivity index (χ1) is 8.59. The summed E-state index contributed by atoms with van der Waals surface area (Å²) in [5.41, 5.74) is 0.495. The molecule has 3 atom stereocenters. The van der Waals surface area contributed by atoms with E-state index in [1.165, 1.54) is 0 Å². The van der Waals surface area contributed by atoms with Crippen molar-refractivity contribution in [2.75, 3.05) is 4.90 Å². The highest BCUT2D eigenvalue weighted by molar-refractivity contribution is 6.31. The molecule has 1 fully saturated rings. The Labute approximate surface area is 108 Å². The van der Waals surface area contributed by atoms with Crippen molar-refractivity contribution in [1.82, 2.24) is 0 Å². The average Bonchev–Trinajstić information content (AvgIpc) is 2.81. The minimum absolute atomic E-state index is 0.240. The van der Waals surface area contributed by atoms with E-state index in [-0.39, 0.29) is 17.9 Å². The van der Waals surface area contributed by atoms with Gasteiger partial charge < -0.3 is 0 Å². The van der Waals surface area contributed by atoms with Gasteiger partial charge in [-0.05, 0) is 25.1 Å². The van der Waals surface area contributed by atoms with E-state index in [0.29, 0.717) is 10.7 Å². The number of benzene rings is 1. The molecule has 0 unspecified atom stereocenters. The smallest absolute Gasteiger partial charge is 0.261 e. The van der Waals surface area contributed by atoms with Gasteiger partial charge in [0.1, 0.15) is 0 Å². The zero-order valence-electron chi connectivity index (χ0n) is 9.58. The summed E-state index contributed by atoms with van der Waals surface area (Å²) in [4.78, 5) is 25.6. The van der Waals surface area contributed by atoms with E-state index in [4.69, 9.17) is 11.6 Å². The third-order valence-corrected chi connectivity index (χ3v) is 3.51. The lowest BCUT2D eigenvalue weighted by Crippen LogP contribution is -2.32. The highest BCUT2D eigenvalue weighted by Crippen LogP contribution is 2.36. The van der Waals surface area contributed by atoms with Gasteiger partial charge in [0.25, 0.3) is 5.91 Å². The van der Waals surface area contributed by atoms with Gasteiger partial charge in [0.2, 0.25) is 5.91 Å². The molecule has 0 bridgehead atoms. The largest absolute Gasteiger partial charge is 0.274 e. The molecule has 5 nitrogen and oxygen atoms in total. The number of hydrogen-bond acceptors (Lipinski definition) is 4.